The number of hydrogen-bond acceptors (Lipinski definition) is 6. The Morgan fingerprint density at radius 3 is 2.50 bits per heavy atom. The van der Waals surface area contributed by atoms with Crippen LogP contribution in [0.4, 0.5) is 5.69 Å². The van der Waals surface area contributed by atoms with Crippen molar-refractivity contribution in [3.8, 4) is 0 Å². The molecule has 2 atom stereocenters. The highest BCUT2D eigenvalue weighted by Gasteiger charge is 2.29. The van der Waals surface area contributed by atoms with Gasteiger partial charge in [-0.1, -0.05) is 35.9 Å². The molecular weight excluding hydrogens is 378 g/mol. The molecule has 28 heavy (non-hydrogen) atoms. The number of benzene rings is 2. The molecule has 0 bridgehead atoms. The summed E-state index contributed by atoms with van der Waals surface area (Å²) in [7, 11) is 0. The van der Waals surface area contributed by atoms with Gasteiger partial charge in [-0.2, -0.15) is 0 Å². The molecule has 2 aromatic rings. The number of aliphatic hydroxyl groups is 2. The van der Waals surface area contributed by atoms with E-state index in [1.807, 2.05) is 48.5 Å². The van der Waals surface area contributed by atoms with Crippen molar-refractivity contribution in [3.05, 3.63) is 64.7 Å². The maximum atomic E-state index is 9.82. The Morgan fingerprint density at radius 2 is 1.79 bits per heavy atom. The van der Waals surface area contributed by atoms with Gasteiger partial charge in [0.25, 0.3) is 0 Å². The average molecular weight is 404 g/mol. The quantitative estimate of drug-likeness (QED) is 0.308. The molecule has 0 radical (unpaired) electrons. The van der Waals surface area contributed by atoms with Crippen LogP contribution in [0.15, 0.2) is 48.5 Å². The summed E-state index contributed by atoms with van der Waals surface area (Å²) in [6.45, 7) is 1.50. The van der Waals surface area contributed by atoms with Crippen molar-refractivity contribution in [2.75, 3.05) is 18.5 Å². The molecule has 1 saturated heterocycles. The predicted octanol–water partition coefficient (Wildman–Crippen LogP) is 3.42. The zero-order valence-corrected chi connectivity index (χ0v) is 16.4. The third-order valence-corrected chi connectivity index (χ3v) is 5.08. The minimum absolute atomic E-state index is 0.0988. The Hall–Kier alpha value is -2.12. The van der Waals surface area contributed by atoms with Gasteiger partial charge in [0, 0.05) is 23.8 Å². The summed E-state index contributed by atoms with van der Waals surface area (Å²) >= 11 is 5.92. The maximum absolute atomic E-state index is 9.82. The second-order valence-electron chi connectivity index (χ2n) is 6.83. The fraction of sp³-hybridized carbons (Fsp3) is 0.381. The lowest BCUT2D eigenvalue weighted by Crippen LogP contribution is -2.37. The summed E-state index contributed by atoms with van der Waals surface area (Å²) in [6, 6.07) is 15.2. The van der Waals surface area contributed by atoms with Crippen LogP contribution in [0.3, 0.4) is 0 Å². The first-order chi connectivity index (χ1) is 13.5. The van der Waals surface area contributed by atoms with Gasteiger partial charge < -0.3 is 20.3 Å². The molecule has 4 N–H and O–H groups in total. The molecule has 7 heteroatoms. The van der Waals surface area contributed by atoms with Crippen LogP contribution in [0.5, 0.6) is 0 Å². The molecule has 1 aliphatic heterocycles. The highest BCUT2D eigenvalue weighted by molar-refractivity contribution is 6.30. The van der Waals surface area contributed by atoms with Crippen molar-refractivity contribution in [1.82, 2.24) is 4.90 Å². The van der Waals surface area contributed by atoms with Gasteiger partial charge in [-0.25, -0.2) is 0 Å². The van der Waals surface area contributed by atoms with Crippen LogP contribution >= 0.6 is 11.6 Å². The first-order valence-electron chi connectivity index (χ1n) is 9.45. The van der Waals surface area contributed by atoms with E-state index in [9.17, 15) is 10.2 Å². The smallest absolute Gasteiger partial charge is 0.215 e. The summed E-state index contributed by atoms with van der Waals surface area (Å²) < 4.78 is 5.60. The number of rotatable bonds is 8. The van der Waals surface area contributed by atoms with Gasteiger partial charge in [0.15, 0.2) is 0 Å². The van der Waals surface area contributed by atoms with Crippen LogP contribution in [0.1, 0.15) is 30.4 Å². The highest BCUT2D eigenvalue weighted by Crippen LogP contribution is 2.21. The molecule has 0 aromatic heterocycles. The molecule has 0 aliphatic carbocycles. The summed E-state index contributed by atoms with van der Waals surface area (Å²) in [5.41, 5.74) is 2.61. The number of anilines is 1. The fourth-order valence-corrected chi connectivity index (χ4v) is 3.39. The number of para-hydroxylation sites is 1. The van der Waals surface area contributed by atoms with Crippen LogP contribution in [-0.4, -0.2) is 46.6 Å². The number of nitrogens with zero attached hydrogens (tertiary/aromatic N) is 1. The van der Waals surface area contributed by atoms with Crippen molar-refractivity contribution in [1.29, 1.82) is 5.41 Å². The van der Waals surface area contributed by atoms with Crippen LogP contribution in [-0.2, 0) is 11.3 Å². The van der Waals surface area contributed by atoms with E-state index < -0.39 is 12.5 Å². The van der Waals surface area contributed by atoms with E-state index in [1.165, 1.54) is 0 Å². The van der Waals surface area contributed by atoms with Gasteiger partial charge in [-0.05, 0) is 49.1 Å². The molecule has 1 fully saturated rings. The van der Waals surface area contributed by atoms with Gasteiger partial charge >= 0.3 is 0 Å². The normalized spacial score (nSPS) is 19.5. The topological polar surface area (TPSA) is 88.8 Å². The highest BCUT2D eigenvalue weighted by atomic mass is 35.5. The van der Waals surface area contributed by atoms with Crippen LogP contribution in [0.25, 0.3) is 0 Å². The number of aliphatic hydroxyl groups excluding tert-OH is 2. The predicted molar refractivity (Wildman–Crippen MR) is 111 cm³/mol. The minimum atomic E-state index is -0.591. The maximum Gasteiger partial charge on any atom is 0.215 e. The van der Waals surface area contributed by atoms with Crippen LogP contribution < -0.4 is 5.32 Å². The van der Waals surface area contributed by atoms with E-state index in [0.717, 1.165) is 11.3 Å². The summed E-state index contributed by atoms with van der Waals surface area (Å²) in [5.74, 6) is 0.0988. The lowest BCUT2D eigenvalue weighted by Gasteiger charge is -2.23. The van der Waals surface area contributed by atoms with Crippen molar-refractivity contribution in [2.24, 2.45) is 0 Å². The first-order valence-corrected chi connectivity index (χ1v) is 9.83. The molecular formula is C21H26ClN3O3. The van der Waals surface area contributed by atoms with E-state index in [1.54, 1.807) is 4.90 Å². The third kappa shape index (κ3) is 5.45. The Morgan fingerprint density at radius 1 is 1.11 bits per heavy atom. The Labute approximate surface area is 170 Å². The minimum Gasteiger partial charge on any atom is -0.478 e. The zero-order chi connectivity index (χ0) is 19.9. The van der Waals surface area contributed by atoms with E-state index in [0.29, 0.717) is 49.5 Å². The summed E-state index contributed by atoms with van der Waals surface area (Å²) in [4.78, 5) is 1.66. The van der Waals surface area contributed by atoms with E-state index in [-0.39, 0.29) is 5.90 Å². The molecule has 6 nitrogen and oxygen atoms in total. The van der Waals surface area contributed by atoms with Gasteiger partial charge in [0.2, 0.25) is 5.90 Å². The largest absolute Gasteiger partial charge is 0.478 e. The van der Waals surface area contributed by atoms with E-state index in [4.69, 9.17) is 21.7 Å². The van der Waals surface area contributed by atoms with Gasteiger partial charge in [-0.3, -0.25) is 10.3 Å². The van der Waals surface area contributed by atoms with Gasteiger partial charge in [-0.15, -0.1) is 0 Å². The summed E-state index contributed by atoms with van der Waals surface area (Å²) in [5, 5.41) is 31.9. The molecule has 0 saturated carbocycles. The zero-order valence-electron chi connectivity index (χ0n) is 15.6. The Bertz CT molecular complexity index is 775. The summed E-state index contributed by atoms with van der Waals surface area (Å²) in [6.07, 6.45) is 0.616. The molecule has 1 heterocycles. The SMILES string of the molecule is N=C(OCCCN1[C@@H](O)CC[C@@H]1O)c1ccccc1NCc1ccc(Cl)cc1. The standard InChI is InChI=1S/C21H26ClN3O3/c22-16-8-6-15(7-9-16)14-24-18-5-2-1-4-17(18)21(23)28-13-3-12-25-19(26)10-11-20(25)27/h1-2,4-9,19-20,23-24,26-27H,3,10-14H2/t19-,20-/m0/s1. The second kappa shape index (κ2) is 9.89. The number of nitrogens with one attached hydrogen (secondary N) is 2. The van der Waals surface area contributed by atoms with Gasteiger partial charge in [0.1, 0.15) is 12.5 Å². The molecule has 3 rings (SSSR count). The third-order valence-electron chi connectivity index (χ3n) is 4.82. The fourth-order valence-electron chi connectivity index (χ4n) is 3.26. The molecule has 0 spiro atoms. The number of likely N-dealkylation sites (tertiary alicyclic amines) is 1. The van der Waals surface area contributed by atoms with Crippen molar-refractivity contribution in [3.63, 3.8) is 0 Å². The van der Waals surface area contributed by atoms with Crippen molar-refractivity contribution < 1.29 is 14.9 Å². The molecule has 0 amide bonds. The number of ether oxygens (including phenoxy) is 1. The Balaban J connectivity index is 1.50. The molecule has 150 valence electrons. The van der Waals surface area contributed by atoms with E-state index in [2.05, 4.69) is 5.32 Å². The average Bonchev–Trinajstić information content (AvgIpc) is 3.02. The first kappa shape index (κ1) is 20.6. The van der Waals surface area contributed by atoms with Crippen molar-refractivity contribution >= 4 is 23.2 Å². The number of halogens is 1. The molecule has 2 aromatic carbocycles. The Kier molecular flexibility index (Phi) is 7.28. The number of hydrogen-bond donors (Lipinski definition) is 4. The van der Waals surface area contributed by atoms with E-state index >= 15 is 0 Å². The lowest BCUT2D eigenvalue weighted by atomic mass is 10.1. The van der Waals surface area contributed by atoms with Crippen LogP contribution in [0.2, 0.25) is 5.02 Å². The monoisotopic (exact) mass is 403 g/mol. The van der Waals surface area contributed by atoms with Crippen molar-refractivity contribution in [2.45, 2.75) is 38.3 Å². The second-order valence-corrected chi connectivity index (χ2v) is 7.27. The lowest BCUT2D eigenvalue weighted by molar-refractivity contribution is -0.0546. The molecule has 1 aliphatic rings. The van der Waals surface area contributed by atoms with Gasteiger partial charge in [0.05, 0.1) is 12.2 Å². The van der Waals surface area contributed by atoms with Crippen LogP contribution in [0, 0.1) is 5.41 Å². The molecule has 0 unspecified atom stereocenters.